The van der Waals surface area contributed by atoms with Crippen molar-refractivity contribution in [3.63, 3.8) is 0 Å². The molecule has 0 bridgehead atoms. The molecule has 0 fully saturated rings. The van der Waals surface area contributed by atoms with Gasteiger partial charge in [0.15, 0.2) is 0 Å². The Balaban J connectivity index is 2.29. The minimum absolute atomic E-state index is 0.0667. The first-order valence-corrected chi connectivity index (χ1v) is 10.0. The summed E-state index contributed by atoms with van der Waals surface area (Å²) in [6, 6.07) is 5.21. The summed E-state index contributed by atoms with van der Waals surface area (Å²) in [6.45, 7) is 4.28. The molecular formula is C17H23N3O3S2. The highest BCUT2D eigenvalue weighted by atomic mass is 32.2. The quantitative estimate of drug-likeness (QED) is 0.739. The van der Waals surface area contributed by atoms with E-state index in [2.05, 4.69) is 35.6 Å². The van der Waals surface area contributed by atoms with Gasteiger partial charge in [0.2, 0.25) is 5.13 Å². The van der Waals surface area contributed by atoms with E-state index >= 15 is 0 Å². The number of nitrogens with zero attached hydrogens (tertiary/aromatic N) is 2. The largest absolute Gasteiger partial charge is 0.496 e. The van der Waals surface area contributed by atoms with Crippen LogP contribution in [-0.2, 0) is 4.75 Å². The summed E-state index contributed by atoms with van der Waals surface area (Å²) in [7, 11) is 3.04. The number of aromatic nitrogens is 2. The van der Waals surface area contributed by atoms with E-state index in [1.54, 1.807) is 30.0 Å². The lowest BCUT2D eigenvalue weighted by Gasteiger charge is -2.26. The molecule has 0 saturated carbocycles. The molecule has 8 heteroatoms. The molecule has 1 aromatic carbocycles. The fourth-order valence-electron chi connectivity index (χ4n) is 2.62. The Bertz CT molecular complexity index is 699. The minimum Gasteiger partial charge on any atom is -0.496 e. The van der Waals surface area contributed by atoms with Crippen LogP contribution in [-0.4, -0.2) is 36.6 Å². The van der Waals surface area contributed by atoms with Gasteiger partial charge in [-0.3, -0.25) is 10.1 Å². The summed E-state index contributed by atoms with van der Waals surface area (Å²) in [5.74, 6) is 0.559. The molecule has 0 spiro atoms. The van der Waals surface area contributed by atoms with Crippen LogP contribution >= 0.6 is 23.1 Å². The zero-order chi connectivity index (χ0) is 18.4. The summed E-state index contributed by atoms with van der Waals surface area (Å²) < 4.78 is 10.5. The van der Waals surface area contributed by atoms with E-state index < -0.39 is 0 Å². The van der Waals surface area contributed by atoms with E-state index in [9.17, 15) is 4.79 Å². The van der Waals surface area contributed by atoms with Gasteiger partial charge in [-0.25, -0.2) is 0 Å². The molecule has 0 saturated heterocycles. The Kier molecular flexibility index (Phi) is 6.66. The second-order valence-corrected chi connectivity index (χ2v) is 7.48. The minimum atomic E-state index is -0.334. The van der Waals surface area contributed by atoms with Crippen LogP contribution in [0.15, 0.2) is 18.2 Å². The third-order valence-corrected chi connectivity index (χ3v) is 6.95. The molecule has 25 heavy (non-hydrogen) atoms. The standard InChI is InChI=1S/C17H23N3O3S2/c1-6-17(7-2,24-5)15-19-20-16(25-15)18-14(21)13-11(22-3)9-8-10-12(13)23-4/h8-10H,6-7H2,1-5H3,(H,18,20,21). The first-order chi connectivity index (χ1) is 12.0. The molecule has 0 radical (unpaired) electrons. The van der Waals surface area contributed by atoms with Gasteiger partial charge in [-0.15, -0.1) is 10.2 Å². The fourth-order valence-corrected chi connectivity index (χ4v) is 4.75. The third kappa shape index (κ3) is 3.90. The van der Waals surface area contributed by atoms with Gasteiger partial charge in [-0.05, 0) is 31.2 Å². The van der Waals surface area contributed by atoms with Crippen LogP contribution in [0.2, 0.25) is 0 Å². The number of benzene rings is 1. The van der Waals surface area contributed by atoms with Gasteiger partial charge in [0.1, 0.15) is 22.1 Å². The lowest BCUT2D eigenvalue weighted by molar-refractivity contribution is 0.102. The number of methoxy groups -OCH3 is 2. The number of hydrogen-bond donors (Lipinski definition) is 1. The smallest absolute Gasteiger partial charge is 0.265 e. The topological polar surface area (TPSA) is 73.3 Å². The van der Waals surface area contributed by atoms with Crippen molar-refractivity contribution in [2.24, 2.45) is 0 Å². The molecular weight excluding hydrogens is 358 g/mol. The molecule has 6 nitrogen and oxygen atoms in total. The van der Waals surface area contributed by atoms with Crippen molar-refractivity contribution < 1.29 is 14.3 Å². The number of thioether (sulfide) groups is 1. The van der Waals surface area contributed by atoms with Crippen molar-refractivity contribution in [2.75, 3.05) is 25.8 Å². The molecule has 2 aromatic rings. The van der Waals surface area contributed by atoms with Gasteiger partial charge in [0.05, 0.1) is 19.0 Å². The van der Waals surface area contributed by atoms with E-state index in [-0.39, 0.29) is 10.7 Å². The number of hydrogen-bond acceptors (Lipinski definition) is 7. The molecule has 1 aromatic heterocycles. The van der Waals surface area contributed by atoms with Gasteiger partial charge < -0.3 is 9.47 Å². The van der Waals surface area contributed by atoms with Crippen molar-refractivity contribution in [1.29, 1.82) is 0 Å². The number of ether oxygens (including phenoxy) is 2. The number of rotatable bonds is 8. The number of anilines is 1. The fraction of sp³-hybridized carbons (Fsp3) is 0.471. The predicted molar refractivity (Wildman–Crippen MR) is 103 cm³/mol. The molecule has 0 aliphatic heterocycles. The molecule has 0 aliphatic carbocycles. The molecule has 2 rings (SSSR count). The van der Waals surface area contributed by atoms with Crippen molar-refractivity contribution >= 4 is 34.1 Å². The summed E-state index contributed by atoms with van der Waals surface area (Å²) in [6.07, 6.45) is 3.98. The summed E-state index contributed by atoms with van der Waals surface area (Å²) in [5, 5.41) is 12.6. The Morgan fingerprint density at radius 1 is 1.20 bits per heavy atom. The Hall–Kier alpha value is -1.80. The summed E-state index contributed by atoms with van der Waals surface area (Å²) in [4.78, 5) is 12.7. The highest BCUT2D eigenvalue weighted by molar-refractivity contribution is 7.99. The first kappa shape index (κ1) is 19.5. The van der Waals surface area contributed by atoms with Gasteiger partial charge in [0, 0.05) is 0 Å². The maximum atomic E-state index is 12.7. The van der Waals surface area contributed by atoms with Crippen molar-refractivity contribution in [3.8, 4) is 11.5 Å². The monoisotopic (exact) mass is 381 g/mol. The maximum absolute atomic E-state index is 12.7. The van der Waals surface area contributed by atoms with Crippen LogP contribution in [0.4, 0.5) is 5.13 Å². The van der Waals surface area contributed by atoms with E-state index in [1.807, 2.05) is 0 Å². The van der Waals surface area contributed by atoms with Crippen LogP contribution in [0.25, 0.3) is 0 Å². The average molecular weight is 382 g/mol. The SMILES string of the molecule is CCC(CC)(SC)c1nnc(NC(=O)c2c(OC)cccc2OC)s1. The Labute approximate surface area is 156 Å². The zero-order valence-electron chi connectivity index (χ0n) is 15.1. The maximum Gasteiger partial charge on any atom is 0.265 e. The molecule has 1 N–H and O–H groups in total. The predicted octanol–water partition coefficient (Wildman–Crippen LogP) is 4.19. The Morgan fingerprint density at radius 3 is 2.28 bits per heavy atom. The van der Waals surface area contributed by atoms with E-state index in [1.165, 1.54) is 25.6 Å². The molecule has 0 atom stereocenters. The number of carbonyl (C=O) groups excluding carboxylic acids is 1. The van der Waals surface area contributed by atoms with Crippen molar-refractivity contribution in [3.05, 3.63) is 28.8 Å². The van der Waals surface area contributed by atoms with Gasteiger partial charge in [0.25, 0.3) is 5.91 Å². The third-order valence-electron chi connectivity index (χ3n) is 4.22. The normalized spacial score (nSPS) is 11.2. The molecule has 1 heterocycles. The van der Waals surface area contributed by atoms with Crippen LogP contribution in [0.5, 0.6) is 11.5 Å². The van der Waals surface area contributed by atoms with Crippen molar-refractivity contribution in [1.82, 2.24) is 10.2 Å². The molecule has 0 unspecified atom stereocenters. The molecule has 0 aliphatic rings. The molecule has 136 valence electrons. The van der Waals surface area contributed by atoms with Gasteiger partial charge in [-0.2, -0.15) is 11.8 Å². The van der Waals surface area contributed by atoms with E-state index in [0.29, 0.717) is 22.2 Å². The highest BCUT2D eigenvalue weighted by Crippen LogP contribution is 2.43. The first-order valence-electron chi connectivity index (χ1n) is 7.96. The lowest BCUT2D eigenvalue weighted by Crippen LogP contribution is -2.19. The highest BCUT2D eigenvalue weighted by Gasteiger charge is 2.32. The van der Waals surface area contributed by atoms with Gasteiger partial charge in [-0.1, -0.05) is 31.3 Å². The van der Waals surface area contributed by atoms with E-state index in [0.717, 1.165) is 17.8 Å². The van der Waals surface area contributed by atoms with Crippen molar-refractivity contribution in [2.45, 2.75) is 31.4 Å². The average Bonchev–Trinajstić information content (AvgIpc) is 3.11. The lowest BCUT2D eigenvalue weighted by atomic mass is 10.0. The molecule has 1 amide bonds. The van der Waals surface area contributed by atoms with Gasteiger partial charge >= 0.3 is 0 Å². The van der Waals surface area contributed by atoms with E-state index in [4.69, 9.17) is 9.47 Å². The van der Waals surface area contributed by atoms with Crippen LogP contribution in [0.3, 0.4) is 0 Å². The summed E-state index contributed by atoms with van der Waals surface area (Å²) >= 11 is 3.17. The number of amides is 1. The second kappa shape index (κ2) is 8.53. The summed E-state index contributed by atoms with van der Waals surface area (Å²) in [5.41, 5.74) is 0.339. The van der Waals surface area contributed by atoms with Crippen LogP contribution in [0, 0.1) is 0 Å². The zero-order valence-corrected chi connectivity index (χ0v) is 16.7. The number of carbonyl (C=O) groups is 1. The number of nitrogens with one attached hydrogen (secondary N) is 1. The van der Waals surface area contributed by atoms with Crippen LogP contribution in [0.1, 0.15) is 42.1 Å². The van der Waals surface area contributed by atoms with Crippen LogP contribution < -0.4 is 14.8 Å². The second-order valence-electron chi connectivity index (χ2n) is 5.31. The Morgan fingerprint density at radius 2 is 1.80 bits per heavy atom.